The molecule has 0 amide bonds. The fraction of sp³-hybridized carbons (Fsp3) is 0.588. The second-order valence-corrected chi connectivity index (χ2v) is 6.33. The first-order valence-corrected chi connectivity index (χ1v) is 7.91. The molecule has 1 N–H and O–H groups in total. The average Bonchev–Trinajstić information content (AvgIpc) is 3.11. The maximum absolute atomic E-state index is 13.3. The molecule has 1 aromatic rings. The summed E-state index contributed by atoms with van der Waals surface area (Å²) in [6.07, 6.45) is 7.66. The largest absolute Gasteiger partial charge is 0.478 e. The van der Waals surface area contributed by atoms with Gasteiger partial charge in [-0.25, -0.2) is 9.18 Å². The highest BCUT2D eigenvalue weighted by molar-refractivity contribution is 5.89. The molecule has 1 unspecified atom stereocenters. The number of benzene rings is 1. The van der Waals surface area contributed by atoms with Crippen LogP contribution in [0.25, 0.3) is 0 Å². The van der Waals surface area contributed by atoms with Crippen molar-refractivity contribution in [2.75, 3.05) is 6.54 Å². The van der Waals surface area contributed by atoms with Gasteiger partial charge in [0.1, 0.15) is 5.82 Å². The van der Waals surface area contributed by atoms with Crippen molar-refractivity contribution < 1.29 is 14.3 Å². The normalized spacial score (nSPS) is 23.8. The number of likely N-dealkylation sites (tertiary alicyclic amines) is 1. The van der Waals surface area contributed by atoms with Crippen LogP contribution >= 0.6 is 0 Å². The highest BCUT2D eigenvalue weighted by Crippen LogP contribution is 2.36. The number of halogens is 1. The van der Waals surface area contributed by atoms with Gasteiger partial charge >= 0.3 is 5.97 Å². The van der Waals surface area contributed by atoms with Crippen LogP contribution in [0.15, 0.2) is 18.2 Å². The molecule has 1 saturated carbocycles. The molecule has 2 aliphatic rings. The van der Waals surface area contributed by atoms with Crippen LogP contribution in [0.3, 0.4) is 0 Å². The van der Waals surface area contributed by atoms with Crippen molar-refractivity contribution >= 4 is 5.97 Å². The summed E-state index contributed by atoms with van der Waals surface area (Å²) >= 11 is 0. The smallest absolute Gasteiger partial charge is 0.336 e. The molecule has 1 atom stereocenters. The minimum absolute atomic E-state index is 0.104. The molecule has 0 spiro atoms. The third-order valence-electron chi connectivity index (χ3n) is 5.03. The molecule has 0 aromatic heterocycles. The van der Waals surface area contributed by atoms with E-state index in [0.717, 1.165) is 24.1 Å². The van der Waals surface area contributed by atoms with Crippen LogP contribution in [0.1, 0.15) is 54.4 Å². The van der Waals surface area contributed by atoms with Crippen LogP contribution < -0.4 is 0 Å². The highest BCUT2D eigenvalue weighted by Gasteiger charge is 2.33. The van der Waals surface area contributed by atoms with E-state index in [-0.39, 0.29) is 5.56 Å². The first-order chi connectivity index (χ1) is 10.1. The van der Waals surface area contributed by atoms with Crippen LogP contribution in [0.4, 0.5) is 4.39 Å². The number of rotatable bonds is 4. The Balaban J connectivity index is 1.77. The SMILES string of the molecule is O=C(O)c1cc(F)ccc1CN1CCCC1C1CCCC1. The molecule has 0 radical (unpaired) electrons. The molecule has 3 nitrogen and oxygen atoms in total. The fourth-order valence-electron chi connectivity index (χ4n) is 4.03. The zero-order valence-corrected chi connectivity index (χ0v) is 12.2. The lowest BCUT2D eigenvalue weighted by molar-refractivity contribution is 0.0693. The van der Waals surface area contributed by atoms with Gasteiger partial charge in [0.05, 0.1) is 5.56 Å². The van der Waals surface area contributed by atoms with E-state index in [4.69, 9.17) is 0 Å². The number of carboxylic acids is 1. The van der Waals surface area contributed by atoms with Gasteiger partial charge in [0.15, 0.2) is 0 Å². The van der Waals surface area contributed by atoms with Crippen LogP contribution in [0, 0.1) is 11.7 Å². The predicted molar refractivity (Wildman–Crippen MR) is 78.7 cm³/mol. The third kappa shape index (κ3) is 3.10. The summed E-state index contributed by atoms with van der Waals surface area (Å²) < 4.78 is 13.3. The Labute approximate surface area is 124 Å². The molecule has 1 aromatic carbocycles. The van der Waals surface area contributed by atoms with E-state index in [0.29, 0.717) is 12.6 Å². The van der Waals surface area contributed by atoms with Crippen molar-refractivity contribution in [1.29, 1.82) is 0 Å². The lowest BCUT2D eigenvalue weighted by Gasteiger charge is -2.29. The molecule has 1 aliphatic carbocycles. The monoisotopic (exact) mass is 291 g/mol. The van der Waals surface area contributed by atoms with Crippen molar-refractivity contribution in [2.24, 2.45) is 5.92 Å². The molecular formula is C17H22FNO2. The van der Waals surface area contributed by atoms with Crippen molar-refractivity contribution in [3.8, 4) is 0 Å². The van der Waals surface area contributed by atoms with E-state index in [1.165, 1.54) is 44.6 Å². The van der Waals surface area contributed by atoms with E-state index in [2.05, 4.69) is 4.90 Å². The molecule has 1 aliphatic heterocycles. The van der Waals surface area contributed by atoms with Gasteiger partial charge in [-0.3, -0.25) is 4.90 Å². The average molecular weight is 291 g/mol. The standard InChI is InChI=1S/C17H22FNO2/c18-14-8-7-13(15(10-14)17(20)21)11-19-9-3-6-16(19)12-4-1-2-5-12/h7-8,10,12,16H,1-6,9,11H2,(H,20,21). The summed E-state index contributed by atoms with van der Waals surface area (Å²) in [4.78, 5) is 13.7. The lowest BCUT2D eigenvalue weighted by atomic mass is 9.95. The van der Waals surface area contributed by atoms with Gasteiger partial charge in [-0.15, -0.1) is 0 Å². The number of carboxylic acid groups (broad SMARTS) is 1. The van der Waals surface area contributed by atoms with Gasteiger partial charge in [0, 0.05) is 12.6 Å². The first kappa shape index (κ1) is 14.5. The fourth-order valence-corrected chi connectivity index (χ4v) is 4.03. The quantitative estimate of drug-likeness (QED) is 0.920. The molecule has 4 heteroatoms. The van der Waals surface area contributed by atoms with Crippen LogP contribution in [-0.2, 0) is 6.54 Å². The van der Waals surface area contributed by atoms with Gasteiger partial charge in [-0.2, -0.15) is 0 Å². The molecule has 0 bridgehead atoms. The van der Waals surface area contributed by atoms with E-state index in [1.807, 2.05) is 0 Å². The number of hydrogen-bond acceptors (Lipinski definition) is 2. The Bertz CT molecular complexity index is 526. The maximum Gasteiger partial charge on any atom is 0.336 e. The van der Waals surface area contributed by atoms with Gasteiger partial charge in [0.25, 0.3) is 0 Å². The molecular weight excluding hydrogens is 269 g/mol. The summed E-state index contributed by atoms with van der Waals surface area (Å²) in [5.74, 6) is -0.757. The van der Waals surface area contributed by atoms with Crippen molar-refractivity contribution in [2.45, 2.75) is 51.1 Å². The van der Waals surface area contributed by atoms with E-state index in [1.54, 1.807) is 6.07 Å². The second kappa shape index (κ2) is 6.14. The molecule has 3 rings (SSSR count). The van der Waals surface area contributed by atoms with Gasteiger partial charge < -0.3 is 5.11 Å². The van der Waals surface area contributed by atoms with Crippen LogP contribution in [0.2, 0.25) is 0 Å². The number of aromatic carboxylic acids is 1. The van der Waals surface area contributed by atoms with E-state index < -0.39 is 11.8 Å². The van der Waals surface area contributed by atoms with Gasteiger partial charge in [-0.1, -0.05) is 18.9 Å². The molecule has 1 heterocycles. The van der Waals surface area contributed by atoms with E-state index in [9.17, 15) is 14.3 Å². The number of nitrogens with zero attached hydrogens (tertiary/aromatic N) is 1. The maximum atomic E-state index is 13.3. The molecule has 114 valence electrons. The highest BCUT2D eigenvalue weighted by atomic mass is 19.1. The van der Waals surface area contributed by atoms with E-state index >= 15 is 0 Å². The van der Waals surface area contributed by atoms with Crippen molar-refractivity contribution in [3.05, 3.63) is 35.1 Å². The van der Waals surface area contributed by atoms with Gasteiger partial charge in [0.2, 0.25) is 0 Å². The lowest BCUT2D eigenvalue weighted by Crippen LogP contribution is -2.34. The zero-order valence-electron chi connectivity index (χ0n) is 12.2. The minimum Gasteiger partial charge on any atom is -0.478 e. The Morgan fingerprint density at radius 1 is 1.24 bits per heavy atom. The molecule has 1 saturated heterocycles. The number of carbonyl (C=O) groups is 1. The molecule has 21 heavy (non-hydrogen) atoms. The first-order valence-electron chi connectivity index (χ1n) is 7.91. The minimum atomic E-state index is -1.04. The molecule has 2 fully saturated rings. The topological polar surface area (TPSA) is 40.5 Å². The summed E-state index contributed by atoms with van der Waals surface area (Å²) in [5.41, 5.74) is 0.834. The third-order valence-corrected chi connectivity index (χ3v) is 5.03. The zero-order chi connectivity index (χ0) is 14.8. The Hall–Kier alpha value is -1.42. The Morgan fingerprint density at radius 2 is 2.00 bits per heavy atom. The van der Waals surface area contributed by atoms with Crippen LogP contribution in [0.5, 0.6) is 0 Å². The number of hydrogen-bond donors (Lipinski definition) is 1. The second-order valence-electron chi connectivity index (χ2n) is 6.33. The summed E-state index contributed by atoms with van der Waals surface area (Å²) in [6, 6.07) is 4.71. The Morgan fingerprint density at radius 3 is 2.71 bits per heavy atom. The van der Waals surface area contributed by atoms with Crippen molar-refractivity contribution in [1.82, 2.24) is 4.90 Å². The van der Waals surface area contributed by atoms with Crippen molar-refractivity contribution in [3.63, 3.8) is 0 Å². The predicted octanol–water partition coefficient (Wildman–Crippen LogP) is 3.68. The van der Waals surface area contributed by atoms with Gasteiger partial charge in [-0.05, 0) is 55.8 Å². The van der Waals surface area contributed by atoms with Crippen LogP contribution in [-0.4, -0.2) is 28.6 Å². The summed E-state index contributed by atoms with van der Waals surface area (Å²) in [5, 5.41) is 9.26. The summed E-state index contributed by atoms with van der Waals surface area (Å²) in [7, 11) is 0. The Kier molecular flexibility index (Phi) is 4.24. The summed E-state index contributed by atoms with van der Waals surface area (Å²) in [6.45, 7) is 1.65.